The van der Waals surface area contributed by atoms with Crippen molar-refractivity contribution in [2.24, 2.45) is 0 Å². The second-order valence-electron chi connectivity index (χ2n) is 7.97. The number of hydrogen-bond acceptors (Lipinski definition) is 5. The van der Waals surface area contributed by atoms with Crippen molar-refractivity contribution in [3.63, 3.8) is 0 Å². The fraction of sp³-hybridized carbons (Fsp3) is 0.478. The smallest absolute Gasteiger partial charge is 0.289 e. The van der Waals surface area contributed by atoms with Crippen LogP contribution in [0.2, 0.25) is 0 Å². The van der Waals surface area contributed by atoms with Gasteiger partial charge < -0.3 is 19.0 Å². The Hall–Kier alpha value is -2.80. The van der Waals surface area contributed by atoms with Gasteiger partial charge in [-0.1, -0.05) is 6.07 Å². The molecule has 0 spiro atoms. The van der Waals surface area contributed by atoms with Crippen molar-refractivity contribution in [3.05, 3.63) is 53.0 Å². The van der Waals surface area contributed by atoms with Gasteiger partial charge in [-0.05, 0) is 56.2 Å². The van der Waals surface area contributed by atoms with E-state index in [4.69, 9.17) is 9.15 Å². The largest absolute Gasteiger partial charge is 0.492 e. The Balaban J connectivity index is 1.39. The molecule has 0 aliphatic carbocycles. The van der Waals surface area contributed by atoms with E-state index in [0.717, 1.165) is 22.6 Å². The van der Waals surface area contributed by atoms with E-state index in [-0.39, 0.29) is 11.8 Å². The number of hydrogen-bond donors (Lipinski definition) is 0. The topological polar surface area (TPSA) is 66.2 Å². The van der Waals surface area contributed by atoms with Crippen LogP contribution in [0.15, 0.2) is 34.7 Å². The maximum Gasteiger partial charge on any atom is 0.289 e. The van der Waals surface area contributed by atoms with E-state index in [0.29, 0.717) is 51.6 Å². The van der Waals surface area contributed by atoms with Crippen molar-refractivity contribution in [3.8, 4) is 5.75 Å². The molecular formula is C23H31N3O4. The van der Waals surface area contributed by atoms with Crippen LogP contribution in [-0.4, -0.2) is 79.4 Å². The van der Waals surface area contributed by atoms with Crippen LogP contribution >= 0.6 is 0 Å². The molecule has 1 fully saturated rings. The van der Waals surface area contributed by atoms with Gasteiger partial charge in [0, 0.05) is 33.2 Å². The fourth-order valence-corrected chi connectivity index (χ4v) is 3.57. The number of ether oxygens (including phenoxy) is 1. The van der Waals surface area contributed by atoms with Crippen LogP contribution in [0, 0.1) is 20.8 Å². The second-order valence-corrected chi connectivity index (χ2v) is 7.97. The number of amides is 2. The standard InChI is InChI=1S/C23H31N3O4/c1-17-13-18(2)15-20(14-17)29-12-11-24(4)22(27)16-25-7-9-26(10-8-25)23(28)21-6-5-19(3)30-21/h5-6,13-15H,7-12,16H2,1-4H3. The summed E-state index contributed by atoms with van der Waals surface area (Å²) in [5.74, 6) is 1.91. The van der Waals surface area contributed by atoms with Gasteiger partial charge in [0.05, 0.1) is 13.1 Å². The first kappa shape index (κ1) is 21.9. The molecule has 0 saturated carbocycles. The van der Waals surface area contributed by atoms with Gasteiger partial charge in [0.25, 0.3) is 5.91 Å². The molecule has 0 atom stereocenters. The first-order valence-corrected chi connectivity index (χ1v) is 10.3. The van der Waals surface area contributed by atoms with Crippen LogP contribution in [0.4, 0.5) is 0 Å². The lowest BCUT2D eigenvalue weighted by Crippen LogP contribution is -2.51. The van der Waals surface area contributed by atoms with Crippen LogP contribution in [0.1, 0.15) is 27.4 Å². The Morgan fingerprint density at radius 1 is 1.03 bits per heavy atom. The lowest BCUT2D eigenvalue weighted by Gasteiger charge is -2.34. The number of benzene rings is 1. The SMILES string of the molecule is Cc1cc(C)cc(OCCN(C)C(=O)CN2CCN(C(=O)c3ccc(C)o3)CC2)c1. The molecular weight excluding hydrogens is 382 g/mol. The molecule has 2 aromatic rings. The Kier molecular flexibility index (Phi) is 7.15. The zero-order chi connectivity index (χ0) is 21.7. The summed E-state index contributed by atoms with van der Waals surface area (Å²) >= 11 is 0. The summed E-state index contributed by atoms with van der Waals surface area (Å²) in [6, 6.07) is 9.61. The number of rotatable bonds is 7. The number of aryl methyl sites for hydroxylation is 3. The Bertz CT molecular complexity index is 864. The maximum absolute atomic E-state index is 12.5. The van der Waals surface area contributed by atoms with Crippen molar-refractivity contribution >= 4 is 11.8 Å². The van der Waals surface area contributed by atoms with E-state index in [9.17, 15) is 9.59 Å². The van der Waals surface area contributed by atoms with Crippen molar-refractivity contribution in [1.82, 2.24) is 14.7 Å². The minimum Gasteiger partial charge on any atom is -0.492 e. The molecule has 2 amide bonds. The molecule has 1 aromatic carbocycles. The molecule has 7 nitrogen and oxygen atoms in total. The fourth-order valence-electron chi connectivity index (χ4n) is 3.57. The van der Waals surface area contributed by atoms with E-state index in [1.54, 1.807) is 29.0 Å². The Labute approximate surface area is 178 Å². The molecule has 1 saturated heterocycles. The zero-order valence-electron chi connectivity index (χ0n) is 18.3. The molecule has 1 aliphatic heterocycles. The quantitative estimate of drug-likeness (QED) is 0.698. The van der Waals surface area contributed by atoms with E-state index in [1.807, 2.05) is 32.9 Å². The highest BCUT2D eigenvalue weighted by Gasteiger charge is 2.25. The number of carbonyl (C=O) groups excluding carboxylic acids is 2. The summed E-state index contributed by atoms with van der Waals surface area (Å²) < 4.78 is 11.2. The van der Waals surface area contributed by atoms with Crippen molar-refractivity contribution in [2.75, 3.05) is 52.9 Å². The minimum atomic E-state index is -0.0882. The van der Waals surface area contributed by atoms with Gasteiger partial charge in [-0.2, -0.15) is 0 Å². The lowest BCUT2D eigenvalue weighted by atomic mass is 10.1. The first-order valence-electron chi connectivity index (χ1n) is 10.3. The highest BCUT2D eigenvalue weighted by Crippen LogP contribution is 2.16. The van der Waals surface area contributed by atoms with Gasteiger partial charge in [-0.25, -0.2) is 0 Å². The van der Waals surface area contributed by atoms with Gasteiger partial charge in [0.15, 0.2) is 5.76 Å². The van der Waals surface area contributed by atoms with Gasteiger partial charge in [0.1, 0.15) is 18.1 Å². The third-order valence-electron chi connectivity index (χ3n) is 5.29. The average molecular weight is 414 g/mol. The Morgan fingerprint density at radius 2 is 1.70 bits per heavy atom. The van der Waals surface area contributed by atoms with Crippen LogP contribution in [0.25, 0.3) is 0 Å². The number of likely N-dealkylation sites (N-methyl/N-ethyl adjacent to an activating group) is 1. The highest BCUT2D eigenvalue weighted by atomic mass is 16.5. The molecule has 0 unspecified atom stereocenters. The van der Waals surface area contributed by atoms with Gasteiger partial charge in [-0.15, -0.1) is 0 Å². The zero-order valence-corrected chi connectivity index (χ0v) is 18.3. The first-order chi connectivity index (χ1) is 14.3. The van der Waals surface area contributed by atoms with Crippen molar-refractivity contribution < 1.29 is 18.7 Å². The number of furan rings is 1. The van der Waals surface area contributed by atoms with E-state index in [2.05, 4.69) is 11.0 Å². The van der Waals surface area contributed by atoms with Crippen LogP contribution in [0.5, 0.6) is 5.75 Å². The minimum absolute atomic E-state index is 0.0560. The summed E-state index contributed by atoms with van der Waals surface area (Å²) in [6.07, 6.45) is 0. The predicted octanol–water partition coefficient (Wildman–Crippen LogP) is 2.50. The van der Waals surface area contributed by atoms with Crippen LogP contribution < -0.4 is 4.74 Å². The monoisotopic (exact) mass is 413 g/mol. The Morgan fingerprint density at radius 3 is 2.30 bits per heavy atom. The summed E-state index contributed by atoms with van der Waals surface area (Å²) in [5.41, 5.74) is 2.32. The summed E-state index contributed by atoms with van der Waals surface area (Å²) in [5, 5.41) is 0. The molecule has 0 radical (unpaired) electrons. The molecule has 2 heterocycles. The number of nitrogens with zero attached hydrogens (tertiary/aromatic N) is 3. The van der Waals surface area contributed by atoms with Gasteiger partial charge in [-0.3, -0.25) is 14.5 Å². The molecule has 1 aromatic heterocycles. The summed E-state index contributed by atoms with van der Waals surface area (Å²) in [6.45, 7) is 9.76. The molecule has 162 valence electrons. The van der Waals surface area contributed by atoms with Gasteiger partial charge >= 0.3 is 0 Å². The van der Waals surface area contributed by atoms with E-state index >= 15 is 0 Å². The second kappa shape index (κ2) is 9.80. The molecule has 3 rings (SSSR count). The van der Waals surface area contributed by atoms with Crippen LogP contribution in [-0.2, 0) is 4.79 Å². The molecule has 1 aliphatic rings. The lowest BCUT2D eigenvalue weighted by molar-refractivity contribution is -0.131. The predicted molar refractivity (Wildman–Crippen MR) is 115 cm³/mol. The number of carbonyl (C=O) groups is 2. The molecule has 0 N–H and O–H groups in total. The molecule has 7 heteroatoms. The maximum atomic E-state index is 12.5. The van der Waals surface area contributed by atoms with Crippen molar-refractivity contribution in [1.29, 1.82) is 0 Å². The summed E-state index contributed by atoms with van der Waals surface area (Å²) in [4.78, 5) is 30.5. The number of piperazine rings is 1. The van der Waals surface area contributed by atoms with Crippen molar-refractivity contribution in [2.45, 2.75) is 20.8 Å². The molecule has 30 heavy (non-hydrogen) atoms. The van der Waals surface area contributed by atoms with Gasteiger partial charge in [0.2, 0.25) is 5.91 Å². The molecule has 0 bridgehead atoms. The van der Waals surface area contributed by atoms with E-state index < -0.39 is 0 Å². The third kappa shape index (κ3) is 5.86. The van der Waals surface area contributed by atoms with E-state index in [1.165, 1.54) is 0 Å². The third-order valence-corrected chi connectivity index (χ3v) is 5.29. The summed E-state index contributed by atoms with van der Waals surface area (Å²) in [7, 11) is 1.80. The normalized spacial score (nSPS) is 14.6. The van der Waals surface area contributed by atoms with Crippen LogP contribution in [0.3, 0.4) is 0 Å². The highest BCUT2D eigenvalue weighted by molar-refractivity contribution is 5.91. The average Bonchev–Trinajstić information content (AvgIpc) is 3.13.